The zero-order valence-electron chi connectivity index (χ0n) is 15.2. The molecule has 6 nitrogen and oxygen atoms in total. The lowest BCUT2D eigenvalue weighted by molar-refractivity contribution is -0.137. The Morgan fingerprint density at radius 2 is 2.12 bits per heavy atom. The second kappa shape index (κ2) is 7.83. The number of benzene rings is 1. The summed E-state index contributed by atoms with van der Waals surface area (Å²) in [5, 5.41) is 9.93. The lowest BCUT2D eigenvalue weighted by Crippen LogP contribution is -2.39. The van der Waals surface area contributed by atoms with Crippen LogP contribution in [0.2, 0.25) is 0 Å². The molecule has 0 saturated carbocycles. The maximum Gasteiger partial charge on any atom is 0.305 e. The fourth-order valence-corrected chi connectivity index (χ4v) is 3.32. The molecular weight excluding hydrogens is 332 g/mol. The van der Waals surface area contributed by atoms with Gasteiger partial charge in [0, 0.05) is 25.1 Å². The molecule has 3 rings (SSSR count). The van der Waals surface area contributed by atoms with Crippen molar-refractivity contribution in [1.82, 2.24) is 9.88 Å². The molecule has 1 saturated heterocycles. The monoisotopic (exact) mass is 356 g/mol. The molecule has 138 valence electrons. The third kappa shape index (κ3) is 4.19. The van der Waals surface area contributed by atoms with Gasteiger partial charge < -0.3 is 14.7 Å². The van der Waals surface area contributed by atoms with Gasteiger partial charge in [0.25, 0.3) is 5.91 Å². The lowest BCUT2D eigenvalue weighted by Gasteiger charge is -2.25. The van der Waals surface area contributed by atoms with Crippen LogP contribution in [0.4, 0.5) is 0 Å². The molecule has 1 aromatic carbocycles. The number of aryl methyl sites for hydroxylation is 2. The maximum absolute atomic E-state index is 13.1. The van der Waals surface area contributed by atoms with E-state index >= 15 is 0 Å². The highest BCUT2D eigenvalue weighted by molar-refractivity contribution is 5.98. The predicted molar refractivity (Wildman–Crippen MR) is 98.3 cm³/mol. The summed E-state index contributed by atoms with van der Waals surface area (Å²) in [4.78, 5) is 30.3. The topological polar surface area (TPSA) is 79.7 Å². The number of nitrogens with zero attached hydrogens (tertiary/aromatic N) is 2. The van der Waals surface area contributed by atoms with Gasteiger partial charge in [-0.3, -0.25) is 14.6 Å². The molecule has 26 heavy (non-hydrogen) atoms. The van der Waals surface area contributed by atoms with Crippen LogP contribution in [0.3, 0.4) is 0 Å². The van der Waals surface area contributed by atoms with Gasteiger partial charge in [-0.15, -0.1) is 0 Å². The van der Waals surface area contributed by atoms with Crippen LogP contribution in [0, 0.1) is 13.8 Å². The van der Waals surface area contributed by atoms with Gasteiger partial charge in [-0.2, -0.15) is 0 Å². The SMILES string of the molecule is Cc1ccc2nc(C)c(C(=O)N(CCC(=O)O)C[C@@H]3CCCO3)cc2c1. The number of carboxylic acid groups (broad SMARTS) is 1. The number of aliphatic carboxylic acids is 1. The molecule has 6 heteroatoms. The van der Waals surface area contributed by atoms with E-state index in [1.807, 2.05) is 38.1 Å². The van der Waals surface area contributed by atoms with Gasteiger partial charge in [-0.1, -0.05) is 11.6 Å². The number of carbonyl (C=O) groups is 2. The molecule has 1 atom stereocenters. The van der Waals surface area contributed by atoms with E-state index in [1.165, 1.54) is 0 Å². The molecule has 0 radical (unpaired) electrons. The average Bonchev–Trinajstić information content (AvgIpc) is 3.10. The second-order valence-corrected chi connectivity index (χ2v) is 6.85. The van der Waals surface area contributed by atoms with E-state index in [4.69, 9.17) is 9.84 Å². The molecular formula is C20H24N2O4. The first-order chi connectivity index (χ1) is 12.4. The number of hydrogen-bond acceptors (Lipinski definition) is 4. The number of carbonyl (C=O) groups excluding carboxylic acids is 1. The number of pyridine rings is 1. The van der Waals surface area contributed by atoms with Gasteiger partial charge in [0.1, 0.15) is 0 Å². The number of carboxylic acids is 1. The first-order valence-electron chi connectivity index (χ1n) is 8.94. The first-order valence-corrected chi connectivity index (χ1v) is 8.94. The highest BCUT2D eigenvalue weighted by Gasteiger charge is 2.25. The molecule has 1 fully saturated rings. The minimum absolute atomic E-state index is 0.0243. The highest BCUT2D eigenvalue weighted by Crippen LogP contribution is 2.21. The summed E-state index contributed by atoms with van der Waals surface area (Å²) in [6.45, 7) is 5.09. The Hall–Kier alpha value is -2.47. The van der Waals surface area contributed by atoms with Gasteiger partial charge >= 0.3 is 5.97 Å². The van der Waals surface area contributed by atoms with Crippen LogP contribution in [-0.2, 0) is 9.53 Å². The van der Waals surface area contributed by atoms with Crippen LogP contribution in [0.25, 0.3) is 10.9 Å². The van der Waals surface area contributed by atoms with E-state index in [0.717, 1.165) is 29.3 Å². The number of aromatic nitrogens is 1. The van der Waals surface area contributed by atoms with Crippen LogP contribution in [0.15, 0.2) is 24.3 Å². The van der Waals surface area contributed by atoms with Crippen molar-refractivity contribution in [2.75, 3.05) is 19.7 Å². The third-order valence-corrected chi connectivity index (χ3v) is 4.72. The Kier molecular flexibility index (Phi) is 5.52. The largest absolute Gasteiger partial charge is 0.481 e. The first kappa shape index (κ1) is 18.3. The highest BCUT2D eigenvalue weighted by atomic mass is 16.5. The van der Waals surface area contributed by atoms with Crippen molar-refractivity contribution in [2.24, 2.45) is 0 Å². The average molecular weight is 356 g/mol. The molecule has 0 aliphatic carbocycles. The minimum Gasteiger partial charge on any atom is -0.481 e. The number of hydrogen-bond donors (Lipinski definition) is 1. The number of fused-ring (bicyclic) bond motifs is 1. The minimum atomic E-state index is -0.917. The van der Waals surface area contributed by atoms with Gasteiger partial charge in [0.15, 0.2) is 0 Å². The van der Waals surface area contributed by atoms with E-state index in [1.54, 1.807) is 4.90 Å². The van der Waals surface area contributed by atoms with Crippen molar-refractivity contribution in [2.45, 2.75) is 39.2 Å². The van der Waals surface area contributed by atoms with Crippen molar-refractivity contribution in [3.8, 4) is 0 Å². The van der Waals surface area contributed by atoms with Crippen molar-refractivity contribution >= 4 is 22.8 Å². The van der Waals surface area contributed by atoms with E-state index in [0.29, 0.717) is 24.4 Å². The smallest absolute Gasteiger partial charge is 0.305 e. The summed E-state index contributed by atoms with van der Waals surface area (Å²) in [6, 6.07) is 7.80. The summed E-state index contributed by atoms with van der Waals surface area (Å²) in [5.74, 6) is -1.10. The van der Waals surface area contributed by atoms with Gasteiger partial charge in [0.05, 0.1) is 29.3 Å². The molecule has 0 bridgehead atoms. The molecule has 0 spiro atoms. The quantitative estimate of drug-likeness (QED) is 0.861. The standard InChI is InChI=1S/C20H24N2O4/c1-13-5-6-18-15(10-13)11-17(14(2)21-18)20(25)22(8-7-19(23)24)12-16-4-3-9-26-16/h5-6,10-11,16H,3-4,7-9,12H2,1-2H3,(H,23,24)/t16-/m0/s1. The molecule has 0 unspecified atom stereocenters. The number of ether oxygens (including phenoxy) is 1. The number of rotatable bonds is 6. The Labute approximate surface area is 152 Å². The zero-order valence-corrected chi connectivity index (χ0v) is 15.2. The molecule has 2 heterocycles. The summed E-state index contributed by atoms with van der Waals surface area (Å²) in [5.41, 5.74) is 3.12. The van der Waals surface area contributed by atoms with Crippen LogP contribution in [0.1, 0.15) is 40.9 Å². The normalized spacial score (nSPS) is 16.8. The fourth-order valence-electron chi connectivity index (χ4n) is 3.32. The van der Waals surface area contributed by atoms with Crippen molar-refractivity contribution in [3.05, 3.63) is 41.1 Å². The van der Waals surface area contributed by atoms with Gasteiger partial charge in [0.2, 0.25) is 0 Å². The summed E-state index contributed by atoms with van der Waals surface area (Å²) in [7, 11) is 0. The summed E-state index contributed by atoms with van der Waals surface area (Å²) in [6.07, 6.45) is 1.76. The van der Waals surface area contributed by atoms with Crippen LogP contribution in [0.5, 0.6) is 0 Å². The van der Waals surface area contributed by atoms with Crippen LogP contribution < -0.4 is 0 Å². The molecule has 2 aromatic rings. The van der Waals surface area contributed by atoms with Gasteiger partial charge in [-0.25, -0.2) is 0 Å². The maximum atomic E-state index is 13.1. The van der Waals surface area contributed by atoms with Gasteiger partial charge in [-0.05, 0) is 44.9 Å². The Morgan fingerprint density at radius 3 is 2.81 bits per heavy atom. The van der Waals surface area contributed by atoms with Crippen LogP contribution in [-0.4, -0.2) is 52.7 Å². The van der Waals surface area contributed by atoms with Crippen molar-refractivity contribution in [1.29, 1.82) is 0 Å². The molecule has 1 N–H and O–H groups in total. The second-order valence-electron chi connectivity index (χ2n) is 6.85. The zero-order chi connectivity index (χ0) is 18.7. The third-order valence-electron chi connectivity index (χ3n) is 4.72. The fraction of sp³-hybridized carbons (Fsp3) is 0.450. The van der Waals surface area contributed by atoms with Crippen molar-refractivity contribution in [3.63, 3.8) is 0 Å². The molecule has 1 aromatic heterocycles. The van der Waals surface area contributed by atoms with Crippen LogP contribution >= 0.6 is 0 Å². The predicted octanol–water partition coefficient (Wildman–Crippen LogP) is 2.95. The van der Waals surface area contributed by atoms with E-state index in [-0.39, 0.29) is 25.0 Å². The Bertz CT molecular complexity index is 828. The van der Waals surface area contributed by atoms with Crippen molar-refractivity contribution < 1.29 is 19.4 Å². The van der Waals surface area contributed by atoms with E-state index < -0.39 is 5.97 Å². The summed E-state index contributed by atoms with van der Waals surface area (Å²) < 4.78 is 5.64. The van der Waals surface area contributed by atoms with E-state index in [9.17, 15) is 9.59 Å². The molecule has 1 amide bonds. The lowest BCUT2D eigenvalue weighted by atomic mass is 10.1. The number of amides is 1. The molecule has 1 aliphatic rings. The Balaban J connectivity index is 1.89. The molecule has 1 aliphatic heterocycles. The summed E-state index contributed by atoms with van der Waals surface area (Å²) >= 11 is 0. The van der Waals surface area contributed by atoms with E-state index in [2.05, 4.69) is 4.98 Å². The Morgan fingerprint density at radius 1 is 1.31 bits per heavy atom.